The molecule has 124 valence electrons. The predicted molar refractivity (Wildman–Crippen MR) is 90.0 cm³/mol. The highest BCUT2D eigenvalue weighted by Crippen LogP contribution is 2.34. The van der Waals surface area contributed by atoms with E-state index in [1.165, 1.54) is 23.9 Å². The molecule has 0 aliphatic rings. The van der Waals surface area contributed by atoms with Gasteiger partial charge in [0.1, 0.15) is 18.1 Å². The van der Waals surface area contributed by atoms with E-state index in [9.17, 15) is 4.39 Å². The van der Waals surface area contributed by atoms with Crippen LogP contribution in [0.5, 0.6) is 0 Å². The number of nitrogens with zero attached hydrogens (tertiary/aromatic N) is 3. The summed E-state index contributed by atoms with van der Waals surface area (Å²) in [5.41, 5.74) is 2.80. The second-order valence-corrected chi connectivity index (χ2v) is 5.68. The Bertz CT molecular complexity index is 821. The van der Waals surface area contributed by atoms with Gasteiger partial charge >= 0.3 is 0 Å². The van der Waals surface area contributed by atoms with E-state index < -0.39 is 0 Å². The Morgan fingerprint density at radius 1 is 1.21 bits per heavy atom. The van der Waals surface area contributed by atoms with Gasteiger partial charge in [0.25, 0.3) is 0 Å². The maximum Gasteiger partial charge on any atom is 0.187 e. The third-order valence-electron chi connectivity index (χ3n) is 3.39. The number of benzene rings is 1. The summed E-state index contributed by atoms with van der Waals surface area (Å²) in [5, 5.41) is 4.81. The summed E-state index contributed by atoms with van der Waals surface area (Å²) in [6, 6.07) is 7.91. The molecular formula is C17H16FN3O2S. The fraction of sp³-hybridized carbons (Fsp3) is 0.235. The van der Waals surface area contributed by atoms with Gasteiger partial charge in [0.15, 0.2) is 10.9 Å². The Morgan fingerprint density at radius 3 is 2.71 bits per heavy atom. The minimum Gasteiger partial charge on any atom is -0.374 e. The Kier molecular flexibility index (Phi) is 5.22. The van der Waals surface area contributed by atoms with Gasteiger partial charge in [-0.15, -0.1) is 0 Å². The van der Waals surface area contributed by atoms with Crippen molar-refractivity contribution in [3.05, 3.63) is 48.1 Å². The molecule has 0 radical (unpaired) electrons. The lowest BCUT2D eigenvalue weighted by molar-refractivity contribution is 0.113. The van der Waals surface area contributed by atoms with Crippen LogP contribution in [0.3, 0.4) is 0 Å². The quantitative estimate of drug-likeness (QED) is 0.493. The molecule has 3 rings (SSSR count). The van der Waals surface area contributed by atoms with Crippen LogP contribution in [0.2, 0.25) is 0 Å². The van der Waals surface area contributed by atoms with E-state index in [-0.39, 0.29) is 5.82 Å². The summed E-state index contributed by atoms with van der Waals surface area (Å²) >= 11 is 1.45. The summed E-state index contributed by atoms with van der Waals surface area (Å²) in [7, 11) is 0. The minimum absolute atomic E-state index is 0.290. The maximum atomic E-state index is 13.2. The van der Waals surface area contributed by atoms with Crippen molar-refractivity contribution < 1.29 is 13.7 Å². The number of rotatable bonds is 6. The highest BCUT2D eigenvalue weighted by Gasteiger charge is 2.21. The molecule has 5 nitrogen and oxygen atoms in total. The van der Waals surface area contributed by atoms with Gasteiger partial charge in [-0.05, 0) is 43.5 Å². The van der Waals surface area contributed by atoms with Gasteiger partial charge in [-0.2, -0.15) is 0 Å². The molecule has 2 heterocycles. The van der Waals surface area contributed by atoms with E-state index in [0.717, 1.165) is 11.1 Å². The molecule has 0 saturated heterocycles. The van der Waals surface area contributed by atoms with Crippen molar-refractivity contribution in [3.8, 4) is 22.5 Å². The molecule has 0 saturated carbocycles. The van der Waals surface area contributed by atoms with Crippen LogP contribution in [0.1, 0.15) is 12.7 Å². The molecule has 3 aromatic rings. The summed E-state index contributed by atoms with van der Waals surface area (Å²) in [6.07, 6.45) is 3.61. The van der Waals surface area contributed by atoms with Crippen LogP contribution >= 0.6 is 11.8 Å². The van der Waals surface area contributed by atoms with Gasteiger partial charge in [0.2, 0.25) is 0 Å². The topological polar surface area (TPSA) is 61.0 Å². The van der Waals surface area contributed by atoms with Gasteiger partial charge in [0, 0.05) is 18.4 Å². The number of hydrogen-bond donors (Lipinski definition) is 0. The van der Waals surface area contributed by atoms with Gasteiger partial charge < -0.3 is 9.26 Å². The molecule has 0 aliphatic heterocycles. The normalized spacial score (nSPS) is 11.0. The minimum atomic E-state index is -0.301. The van der Waals surface area contributed by atoms with Crippen molar-refractivity contribution in [2.75, 3.05) is 12.9 Å². The van der Waals surface area contributed by atoms with Crippen LogP contribution < -0.4 is 0 Å². The first-order valence-corrected chi connectivity index (χ1v) is 8.65. The standard InChI is InChI=1S/C17H16FN3O2S/c1-3-22-10-14-15(13-8-9-19-17(20-13)24-2)16(21-23-14)11-4-6-12(18)7-5-11/h4-9H,3,10H2,1-2H3. The van der Waals surface area contributed by atoms with Crippen molar-refractivity contribution in [2.45, 2.75) is 18.7 Å². The molecule has 0 aliphatic carbocycles. The van der Waals surface area contributed by atoms with Crippen molar-refractivity contribution >= 4 is 11.8 Å². The lowest BCUT2D eigenvalue weighted by Crippen LogP contribution is -1.96. The van der Waals surface area contributed by atoms with Crippen LogP contribution in [-0.2, 0) is 11.3 Å². The van der Waals surface area contributed by atoms with Crippen molar-refractivity contribution in [1.29, 1.82) is 0 Å². The SMILES string of the molecule is CCOCc1onc(-c2ccc(F)cc2)c1-c1ccnc(SC)n1. The van der Waals surface area contributed by atoms with E-state index in [1.54, 1.807) is 24.4 Å². The van der Waals surface area contributed by atoms with E-state index in [1.807, 2.05) is 13.2 Å². The third kappa shape index (κ3) is 3.47. The predicted octanol–water partition coefficient (Wildman–Crippen LogP) is 4.20. The number of thioether (sulfide) groups is 1. The van der Waals surface area contributed by atoms with Gasteiger partial charge in [-0.3, -0.25) is 0 Å². The van der Waals surface area contributed by atoms with Gasteiger partial charge in [0.05, 0.1) is 11.3 Å². The van der Waals surface area contributed by atoms with Crippen LogP contribution in [0.4, 0.5) is 4.39 Å². The molecule has 24 heavy (non-hydrogen) atoms. The lowest BCUT2D eigenvalue weighted by atomic mass is 10.0. The lowest BCUT2D eigenvalue weighted by Gasteiger charge is -2.05. The first-order valence-electron chi connectivity index (χ1n) is 7.42. The molecule has 0 atom stereocenters. The second kappa shape index (κ2) is 7.55. The summed E-state index contributed by atoms with van der Waals surface area (Å²) in [4.78, 5) is 8.72. The summed E-state index contributed by atoms with van der Waals surface area (Å²) in [5.74, 6) is 0.284. The number of halogens is 1. The fourth-order valence-corrected chi connectivity index (χ4v) is 2.62. The van der Waals surface area contributed by atoms with E-state index in [0.29, 0.717) is 35.5 Å². The Balaban J connectivity index is 2.12. The zero-order valence-corrected chi connectivity index (χ0v) is 14.1. The zero-order chi connectivity index (χ0) is 16.9. The molecule has 0 amide bonds. The van der Waals surface area contributed by atoms with E-state index in [2.05, 4.69) is 15.1 Å². The molecule has 0 N–H and O–H groups in total. The number of aromatic nitrogens is 3. The molecular weight excluding hydrogens is 329 g/mol. The molecule has 7 heteroatoms. The average Bonchev–Trinajstić information content (AvgIpc) is 3.04. The van der Waals surface area contributed by atoms with Crippen molar-refractivity contribution in [1.82, 2.24) is 15.1 Å². The van der Waals surface area contributed by atoms with E-state index >= 15 is 0 Å². The largest absolute Gasteiger partial charge is 0.374 e. The molecule has 0 unspecified atom stereocenters. The summed E-state index contributed by atoms with van der Waals surface area (Å²) < 4.78 is 24.1. The second-order valence-electron chi connectivity index (χ2n) is 4.90. The molecule has 0 fully saturated rings. The van der Waals surface area contributed by atoms with Crippen LogP contribution in [-0.4, -0.2) is 28.0 Å². The first kappa shape index (κ1) is 16.6. The Morgan fingerprint density at radius 2 is 2.00 bits per heavy atom. The smallest absolute Gasteiger partial charge is 0.187 e. The van der Waals surface area contributed by atoms with Crippen molar-refractivity contribution in [3.63, 3.8) is 0 Å². The summed E-state index contributed by atoms with van der Waals surface area (Å²) in [6.45, 7) is 2.76. The molecule has 1 aromatic carbocycles. The van der Waals surface area contributed by atoms with Crippen molar-refractivity contribution in [2.24, 2.45) is 0 Å². The number of hydrogen-bond acceptors (Lipinski definition) is 6. The van der Waals surface area contributed by atoms with Gasteiger partial charge in [-0.25, -0.2) is 14.4 Å². The highest BCUT2D eigenvalue weighted by atomic mass is 32.2. The Labute approximate surface area is 143 Å². The van der Waals surface area contributed by atoms with Crippen LogP contribution in [0.15, 0.2) is 46.2 Å². The van der Waals surface area contributed by atoms with Crippen LogP contribution in [0.25, 0.3) is 22.5 Å². The third-order valence-corrected chi connectivity index (χ3v) is 3.95. The fourth-order valence-electron chi connectivity index (χ4n) is 2.26. The van der Waals surface area contributed by atoms with Crippen LogP contribution in [0, 0.1) is 5.82 Å². The highest BCUT2D eigenvalue weighted by molar-refractivity contribution is 7.98. The molecule has 0 spiro atoms. The average molecular weight is 345 g/mol. The first-order chi connectivity index (χ1) is 11.7. The Hall–Kier alpha value is -2.25. The monoisotopic (exact) mass is 345 g/mol. The maximum absolute atomic E-state index is 13.2. The zero-order valence-electron chi connectivity index (χ0n) is 13.3. The molecule has 0 bridgehead atoms. The van der Waals surface area contributed by atoms with E-state index in [4.69, 9.17) is 9.26 Å². The molecule has 2 aromatic heterocycles. The van der Waals surface area contributed by atoms with Gasteiger partial charge in [-0.1, -0.05) is 16.9 Å². The number of ether oxygens (including phenoxy) is 1.